The average Bonchev–Trinajstić information content (AvgIpc) is 3.19. The lowest BCUT2D eigenvalue weighted by Crippen LogP contribution is -2.33. The van der Waals surface area contributed by atoms with E-state index in [4.69, 9.17) is 4.74 Å². The molecule has 10 heteroatoms. The number of aromatic nitrogens is 2. The highest BCUT2D eigenvalue weighted by Crippen LogP contribution is 2.30. The van der Waals surface area contributed by atoms with E-state index >= 15 is 0 Å². The third-order valence-electron chi connectivity index (χ3n) is 4.97. The van der Waals surface area contributed by atoms with Gasteiger partial charge in [-0.1, -0.05) is 11.6 Å². The predicted octanol–water partition coefficient (Wildman–Crippen LogP) is 5.05. The van der Waals surface area contributed by atoms with Gasteiger partial charge in [0, 0.05) is 43.2 Å². The van der Waals surface area contributed by atoms with Crippen molar-refractivity contribution in [3.8, 4) is 11.5 Å². The van der Waals surface area contributed by atoms with Crippen molar-refractivity contribution in [3.05, 3.63) is 83.0 Å². The van der Waals surface area contributed by atoms with Gasteiger partial charge >= 0.3 is 6.61 Å². The van der Waals surface area contributed by atoms with E-state index in [-0.39, 0.29) is 35.7 Å². The SMILES string of the molecule is COc1cc(C(=O)N(CC(C)=Cc2ccc(F)cc2F)Cc2nccn2C)ccc1OC(F)F. The standard InChI is InChI=1S/C24H23F4N3O3/c1-15(10-16-4-6-18(25)12-19(16)26)13-31(14-22-29-8-9-30(22)2)23(32)17-5-7-20(34-24(27)28)21(11-17)33-3/h4-12,24H,13-14H2,1-3H3. The molecule has 0 saturated carbocycles. The van der Waals surface area contributed by atoms with E-state index in [9.17, 15) is 22.4 Å². The Morgan fingerprint density at radius 3 is 2.56 bits per heavy atom. The molecule has 0 saturated heterocycles. The number of benzene rings is 2. The number of amides is 1. The van der Waals surface area contributed by atoms with E-state index < -0.39 is 24.2 Å². The molecule has 3 aromatic rings. The molecule has 0 aliphatic carbocycles. The Balaban J connectivity index is 1.91. The van der Waals surface area contributed by atoms with E-state index in [1.165, 1.54) is 42.4 Å². The van der Waals surface area contributed by atoms with Crippen molar-refractivity contribution in [2.24, 2.45) is 7.05 Å². The van der Waals surface area contributed by atoms with Gasteiger partial charge in [0.2, 0.25) is 0 Å². The van der Waals surface area contributed by atoms with Crippen LogP contribution in [-0.4, -0.2) is 40.6 Å². The van der Waals surface area contributed by atoms with Crippen molar-refractivity contribution >= 4 is 12.0 Å². The number of ether oxygens (including phenoxy) is 2. The minimum absolute atomic E-state index is 0.0243. The Hall–Kier alpha value is -3.82. The number of alkyl halides is 2. The molecule has 0 radical (unpaired) electrons. The highest BCUT2D eigenvalue weighted by molar-refractivity contribution is 5.95. The maximum atomic E-state index is 14.1. The molecule has 2 aromatic carbocycles. The van der Waals surface area contributed by atoms with Gasteiger partial charge in [0.25, 0.3) is 5.91 Å². The maximum absolute atomic E-state index is 14.1. The molecule has 6 nitrogen and oxygen atoms in total. The van der Waals surface area contributed by atoms with E-state index in [0.29, 0.717) is 11.4 Å². The van der Waals surface area contributed by atoms with E-state index in [0.717, 1.165) is 12.1 Å². The highest BCUT2D eigenvalue weighted by Gasteiger charge is 2.21. The topological polar surface area (TPSA) is 56.6 Å². The summed E-state index contributed by atoms with van der Waals surface area (Å²) in [6, 6.07) is 7.13. The summed E-state index contributed by atoms with van der Waals surface area (Å²) in [6.45, 7) is -1.12. The molecule has 34 heavy (non-hydrogen) atoms. The van der Waals surface area contributed by atoms with Crippen LogP contribution in [0.5, 0.6) is 11.5 Å². The minimum Gasteiger partial charge on any atom is -0.493 e. The van der Waals surface area contributed by atoms with Gasteiger partial charge in [0.1, 0.15) is 17.5 Å². The number of hydrogen-bond donors (Lipinski definition) is 0. The fourth-order valence-electron chi connectivity index (χ4n) is 3.33. The summed E-state index contributed by atoms with van der Waals surface area (Å²) in [4.78, 5) is 19.1. The largest absolute Gasteiger partial charge is 0.493 e. The van der Waals surface area contributed by atoms with Gasteiger partial charge in [0.15, 0.2) is 11.5 Å². The molecule has 180 valence electrons. The molecular weight excluding hydrogens is 454 g/mol. The summed E-state index contributed by atoms with van der Waals surface area (Å²) in [6.07, 6.45) is 4.84. The Morgan fingerprint density at radius 1 is 1.18 bits per heavy atom. The number of halogens is 4. The number of aryl methyl sites for hydroxylation is 1. The normalized spacial score (nSPS) is 11.6. The van der Waals surface area contributed by atoms with Crippen molar-refractivity contribution in [1.82, 2.24) is 14.5 Å². The third kappa shape index (κ3) is 6.15. The fourth-order valence-corrected chi connectivity index (χ4v) is 3.33. The van der Waals surface area contributed by atoms with Crippen molar-refractivity contribution in [1.29, 1.82) is 0 Å². The monoisotopic (exact) mass is 477 g/mol. The van der Waals surface area contributed by atoms with Gasteiger partial charge in [-0.3, -0.25) is 4.79 Å². The molecule has 0 aliphatic rings. The van der Waals surface area contributed by atoms with Crippen LogP contribution in [0.2, 0.25) is 0 Å². The van der Waals surface area contributed by atoms with Crippen molar-refractivity contribution < 1.29 is 31.8 Å². The van der Waals surface area contributed by atoms with Gasteiger partial charge in [-0.25, -0.2) is 13.8 Å². The molecule has 0 spiro atoms. The van der Waals surface area contributed by atoms with Gasteiger partial charge in [0.05, 0.1) is 13.7 Å². The van der Waals surface area contributed by atoms with Gasteiger partial charge < -0.3 is 18.9 Å². The van der Waals surface area contributed by atoms with Crippen LogP contribution < -0.4 is 9.47 Å². The van der Waals surface area contributed by atoms with Crippen molar-refractivity contribution in [2.45, 2.75) is 20.1 Å². The molecule has 0 bridgehead atoms. The molecule has 0 aliphatic heterocycles. The molecule has 0 unspecified atom stereocenters. The molecule has 1 aromatic heterocycles. The number of nitrogens with zero attached hydrogens (tertiary/aromatic N) is 3. The zero-order chi connectivity index (χ0) is 24.8. The zero-order valence-electron chi connectivity index (χ0n) is 18.8. The van der Waals surface area contributed by atoms with E-state index in [1.807, 2.05) is 0 Å². The van der Waals surface area contributed by atoms with E-state index in [2.05, 4.69) is 9.72 Å². The molecule has 0 atom stereocenters. The first kappa shape index (κ1) is 24.8. The second-order valence-electron chi connectivity index (χ2n) is 7.52. The molecular formula is C24H23F4N3O3. The first-order valence-electron chi connectivity index (χ1n) is 10.2. The van der Waals surface area contributed by atoms with Crippen LogP contribution in [0.4, 0.5) is 17.6 Å². The Kier molecular flexibility index (Phi) is 7.93. The number of hydrogen-bond acceptors (Lipinski definition) is 4. The third-order valence-corrected chi connectivity index (χ3v) is 4.97. The maximum Gasteiger partial charge on any atom is 0.387 e. The number of methoxy groups -OCH3 is 1. The molecule has 1 heterocycles. The Morgan fingerprint density at radius 2 is 1.94 bits per heavy atom. The smallest absolute Gasteiger partial charge is 0.387 e. The molecule has 0 fully saturated rings. The average molecular weight is 477 g/mol. The van der Waals surface area contributed by atoms with Crippen LogP contribution in [0.15, 0.2) is 54.4 Å². The van der Waals surface area contributed by atoms with Gasteiger partial charge in [-0.05, 0) is 37.3 Å². The lowest BCUT2D eigenvalue weighted by Gasteiger charge is -2.23. The van der Waals surface area contributed by atoms with Crippen LogP contribution in [0.1, 0.15) is 28.7 Å². The first-order chi connectivity index (χ1) is 16.2. The summed E-state index contributed by atoms with van der Waals surface area (Å²) in [7, 11) is 3.05. The Labute approximate surface area is 194 Å². The second-order valence-corrected chi connectivity index (χ2v) is 7.52. The summed E-state index contributed by atoms with van der Waals surface area (Å²) < 4.78 is 63.8. The molecule has 1 amide bonds. The Bertz CT molecular complexity index is 1190. The van der Waals surface area contributed by atoms with E-state index in [1.54, 1.807) is 30.9 Å². The van der Waals surface area contributed by atoms with Crippen LogP contribution in [0.25, 0.3) is 6.08 Å². The predicted molar refractivity (Wildman–Crippen MR) is 118 cm³/mol. The van der Waals surface area contributed by atoms with Crippen LogP contribution in [0.3, 0.4) is 0 Å². The highest BCUT2D eigenvalue weighted by atomic mass is 19.3. The summed E-state index contributed by atoms with van der Waals surface area (Å²) in [5.74, 6) is -1.47. The number of rotatable bonds is 9. The van der Waals surface area contributed by atoms with Crippen molar-refractivity contribution in [3.63, 3.8) is 0 Å². The molecule has 3 rings (SSSR count). The second kappa shape index (κ2) is 10.9. The van der Waals surface area contributed by atoms with Crippen LogP contribution in [0, 0.1) is 11.6 Å². The number of imidazole rings is 1. The summed E-state index contributed by atoms with van der Waals surface area (Å²) >= 11 is 0. The minimum atomic E-state index is -3.05. The quantitative estimate of drug-likeness (QED) is 0.405. The number of carbonyl (C=O) groups excluding carboxylic acids is 1. The zero-order valence-corrected chi connectivity index (χ0v) is 18.8. The van der Waals surface area contributed by atoms with Gasteiger partial charge in [-0.15, -0.1) is 0 Å². The van der Waals surface area contributed by atoms with Crippen LogP contribution in [-0.2, 0) is 13.6 Å². The number of carbonyl (C=O) groups is 1. The van der Waals surface area contributed by atoms with Crippen LogP contribution >= 0.6 is 0 Å². The fraction of sp³-hybridized carbons (Fsp3) is 0.250. The lowest BCUT2D eigenvalue weighted by atomic mass is 10.1. The summed E-state index contributed by atoms with van der Waals surface area (Å²) in [5.41, 5.74) is 0.976. The van der Waals surface area contributed by atoms with Gasteiger partial charge in [-0.2, -0.15) is 8.78 Å². The lowest BCUT2D eigenvalue weighted by molar-refractivity contribution is -0.0512. The summed E-state index contributed by atoms with van der Waals surface area (Å²) in [5, 5.41) is 0. The van der Waals surface area contributed by atoms with Crippen molar-refractivity contribution in [2.75, 3.05) is 13.7 Å². The molecule has 0 N–H and O–H groups in total. The first-order valence-corrected chi connectivity index (χ1v) is 10.2.